The van der Waals surface area contributed by atoms with E-state index < -0.39 is 22.0 Å². The van der Waals surface area contributed by atoms with Gasteiger partial charge in [0.1, 0.15) is 5.75 Å². The lowest BCUT2D eigenvalue weighted by molar-refractivity contribution is -0.159. The van der Waals surface area contributed by atoms with Crippen LogP contribution in [0.3, 0.4) is 0 Å². The first-order valence-electron chi connectivity index (χ1n) is 8.58. The molecule has 152 valence electrons. The first-order valence-corrected chi connectivity index (χ1v) is 10.2. The van der Waals surface area contributed by atoms with Gasteiger partial charge in [0, 0.05) is 38.3 Å². The van der Waals surface area contributed by atoms with Crippen molar-refractivity contribution in [2.24, 2.45) is 0 Å². The second-order valence-electron chi connectivity index (χ2n) is 5.73. The first-order chi connectivity index (χ1) is 12.7. The Hall–Kier alpha value is -2.17. The van der Waals surface area contributed by atoms with Gasteiger partial charge < -0.3 is 14.9 Å². The predicted octanol–water partition coefficient (Wildman–Crippen LogP) is 0.708. The lowest BCUT2D eigenvalue weighted by atomic mass is 10.2. The zero-order chi connectivity index (χ0) is 20.4. The van der Waals surface area contributed by atoms with Crippen LogP contribution in [0.1, 0.15) is 19.4 Å². The highest BCUT2D eigenvalue weighted by molar-refractivity contribution is 7.89. The summed E-state index contributed by atoms with van der Waals surface area (Å²) in [6, 6.07) is 8.03. The maximum Gasteiger partial charge on any atom is 0.414 e. The average molecular weight is 402 g/mol. The van der Waals surface area contributed by atoms with E-state index in [-0.39, 0.29) is 5.75 Å². The minimum absolute atomic E-state index is 0.181. The molecule has 1 aromatic carbocycles. The second-order valence-corrected chi connectivity index (χ2v) is 7.98. The highest BCUT2D eigenvalue weighted by Gasteiger charge is 2.25. The summed E-state index contributed by atoms with van der Waals surface area (Å²) < 4.78 is 30.9. The van der Waals surface area contributed by atoms with E-state index in [1.807, 2.05) is 25.1 Å². The smallest absolute Gasteiger partial charge is 0.414 e. The van der Waals surface area contributed by atoms with Gasteiger partial charge in [0.25, 0.3) is 0 Å². The number of rotatable bonds is 6. The highest BCUT2D eigenvalue weighted by atomic mass is 32.2. The van der Waals surface area contributed by atoms with E-state index >= 15 is 0 Å². The molecule has 1 saturated heterocycles. The van der Waals surface area contributed by atoms with Crippen molar-refractivity contribution in [2.75, 3.05) is 38.5 Å². The van der Waals surface area contributed by atoms with Crippen LogP contribution in [0.25, 0.3) is 0 Å². The van der Waals surface area contributed by atoms with Gasteiger partial charge in [-0.05, 0) is 19.9 Å². The van der Waals surface area contributed by atoms with Crippen molar-refractivity contribution >= 4 is 22.0 Å². The molecule has 1 aliphatic rings. The van der Waals surface area contributed by atoms with E-state index in [0.29, 0.717) is 19.7 Å². The fourth-order valence-electron chi connectivity index (χ4n) is 2.52. The molecule has 0 unspecified atom stereocenters. The van der Waals surface area contributed by atoms with Crippen molar-refractivity contribution in [2.45, 2.75) is 20.4 Å². The topological polar surface area (TPSA) is 124 Å². The predicted molar refractivity (Wildman–Crippen MR) is 99.2 cm³/mol. The van der Waals surface area contributed by atoms with Crippen LogP contribution in [0.2, 0.25) is 0 Å². The zero-order valence-electron chi connectivity index (χ0n) is 15.5. The maximum absolute atomic E-state index is 11.8. The van der Waals surface area contributed by atoms with E-state index in [0.717, 1.165) is 30.9 Å². The summed E-state index contributed by atoms with van der Waals surface area (Å²) in [4.78, 5) is 20.5. The quantitative estimate of drug-likeness (QED) is 0.667. The minimum atomic E-state index is -3.05. The van der Waals surface area contributed by atoms with Crippen LogP contribution in [0, 0.1) is 0 Å². The summed E-state index contributed by atoms with van der Waals surface area (Å²) in [5.74, 6) is -2.55. The Bertz CT molecular complexity index is 717. The molecular weight excluding hydrogens is 376 g/mol. The van der Waals surface area contributed by atoms with Crippen molar-refractivity contribution in [3.05, 3.63) is 29.8 Å². The molecule has 2 N–H and O–H groups in total. The summed E-state index contributed by atoms with van der Waals surface area (Å²) in [5, 5.41) is 14.8. The fourth-order valence-corrected chi connectivity index (χ4v) is 3.60. The second kappa shape index (κ2) is 10.9. The molecule has 0 bridgehead atoms. The third-order valence-corrected chi connectivity index (χ3v) is 5.82. The van der Waals surface area contributed by atoms with Crippen molar-refractivity contribution < 1.29 is 33.0 Å². The van der Waals surface area contributed by atoms with Gasteiger partial charge in [0.05, 0.1) is 12.4 Å². The maximum atomic E-state index is 11.8. The number of carbonyl (C=O) groups is 2. The molecule has 0 spiro atoms. The van der Waals surface area contributed by atoms with E-state index in [2.05, 4.69) is 11.0 Å². The average Bonchev–Trinajstić information content (AvgIpc) is 2.64. The molecule has 1 fully saturated rings. The largest absolute Gasteiger partial charge is 0.494 e. The summed E-state index contributed by atoms with van der Waals surface area (Å²) in [6.07, 6.45) is 0. The van der Waals surface area contributed by atoms with Gasteiger partial charge in [0.2, 0.25) is 10.0 Å². The minimum Gasteiger partial charge on any atom is -0.494 e. The van der Waals surface area contributed by atoms with Gasteiger partial charge >= 0.3 is 11.9 Å². The van der Waals surface area contributed by atoms with E-state index in [1.165, 1.54) is 0 Å². The molecule has 10 heteroatoms. The van der Waals surface area contributed by atoms with Crippen LogP contribution in [0.5, 0.6) is 5.75 Å². The number of benzene rings is 1. The zero-order valence-corrected chi connectivity index (χ0v) is 16.3. The number of sulfonamides is 1. The molecule has 0 saturated carbocycles. The Morgan fingerprint density at radius 3 is 2.07 bits per heavy atom. The Morgan fingerprint density at radius 1 is 1.04 bits per heavy atom. The Kier molecular flexibility index (Phi) is 9.19. The SMILES string of the molecule is CCOc1ccccc1CN1CCN(S(=O)(=O)CC)CC1.O=C(O)C(=O)O. The van der Waals surface area contributed by atoms with Crippen LogP contribution in [-0.4, -0.2) is 78.3 Å². The molecule has 1 aliphatic heterocycles. The lowest BCUT2D eigenvalue weighted by Gasteiger charge is -2.34. The molecule has 2 rings (SSSR count). The lowest BCUT2D eigenvalue weighted by Crippen LogP contribution is -2.48. The number of para-hydroxylation sites is 1. The molecule has 0 aromatic heterocycles. The normalized spacial score (nSPS) is 15.5. The molecule has 0 radical (unpaired) electrons. The standard InChI is InChI=1S/C15H24N2O3S.C2H2O4/c1-3-20-15-8-6-5-7-14(15)13-16-9-11-17(12-10-16)21(18,19)4-2;3-1(4)2(5)6/h5-8H,3-4,9-13H2,1-2H3;(H,3,4)(H,5,6). The number of hydrogen-bond acceptors (Lipinski definition) is 6. The van der Waals surface area contributed by atoms with Crippen molar-refractivity contribution in [1.29, 1.82) is 0 Å². The monoisotopic (exact) mass is 402 g/mol. The number of hydrogen-bond donors (Lipinski definition) is 2. The van der Waals surface area contributed by atoms with Crippen molar-refractivity contribution in [1.82, 2.24) is 9.21 Å². The van der Waals surface area contributed by atoms with Crippen LogP contribution in [-0.2, 0) is 26.2 Å². The van der Waals surface area contributed by atoms with E-state index in [1.54, 1.807) is 11.2 Å². The number of ether oxygens (including phenoxy) is 1. The van der Waals surface area contributed by atoms with Crippen molar-refractivity contribution in [3.8, 4) is 5.75 Å². The van der Waals surface area contributed by atoms with Gasteiger partial charge in [-0.25, -0.2) is 18.0 Å². The van der Waals surface area contributed by atoms with Crippen LogP contribution < -0.4 is 4.74 Å². The van der Waals surface area contributed by atoms with Crippen LogP contribution in [0.4, 0.5) is 0 Å². The molecular formula is C17H26N2O7S. The van der Waals surface area contributed by atoms with E-state index in [9.17, 15) is 8.42 Å². The molecule has 9 nitrogen and oxygen atoms in total. The third-order valence-electron chi connectivity index (χ3n) is 3.94. The van der Waals surface area contributed by atoms with Crippen LogP contribution in [0.15, 0.2) is 24.3 Å². The summed E-state index contributed by atoms with van der Waals surface area (Å²) in [5.41, 5.74) is 1.16. The molecule has 27 heavy (non-hydrogen) atoms. The van der Waals surface area contributed by atoms with Gasteiger partial charge in [-0.15, -0.1) is 0 Å². The Balaban J connectivity index is 0.000000527. The van der Waals surface area contributed by atoms with Gasteiger partial charge in [0.15, 0.2) is 0 Å². The molecule has 1 heterocycles. The number of piperazine rings is 1. The van der Waals surface area contributed by atoms with Gasteiger partial charge in [-0.3, -0.25) is 4.90 Å². The summed E-state index contributed by atoms with van der Waals surface area (Å²) in [6.45, 7) is 7.81. The Labute approximate surface area is 159 Å². The highest BCUT2D eigenvalue weighted by Crippen LogP contribution is 2.21. The number of carboxylic acids is 2. The number of aliphatic carboxylic acids is 2. The molecule has 1 aromatic rings. The van der Waals surface area contributed by atoms with Gasteiger partial charge in [-0.1, -0.05) is 18.2 Å². The summed E-state index contributed by atoms with van der Waals surface area (Å²) in [7, 11) is -3.05. The number of nitrogens with zero attached hydrogens (tertiary/aromatic N) is 2. The van der Waals surface area contributed by atoms with Crippen LogP contribution >= 0.6 is 0 Å². The molecule has 0 atom stereocenters. The van der Waals surface area contributed by atoms with Gasteiger partial charge in [-0.2, -0.15) is 4.31 Å². The first kappa shape index (κ1) is 22.9. The molecule has 0 aliphatic carbocycles. The summed E-state index contributed by atoms with van der Waals surface area (Å²) >= 11 is 0. The third kappa shape index (κ3) is 7.53. The number of carboxylic acid groups (broad SMARTS) is 2. The van der Waals surface area contributed by atoms with E-state index in [4.69, 9.17) is 24.5 Å². The fraction of sp³-hybridized carbons (Fsp3) is 0.529. The Morgan fingerprint density at radius 2 is 1.59 bits per heavy atom. The van der Waals surface area contributed by atoms with Crippen molar-refractivity contribution in [3.63, 3.8) is 0 Å². The molecule has 0 amide bonds.